The van der Waals surface area contributed by atoms with Crippen LogP contribution in [0.4, 0.5) is 0 Å². The molecule has 0 saturated carbocycles. The summed E-state index contributed by atoms with van der Waals surface area (Å²) in [5, 5.41) is 15.9. The molecule has 0 aliphatic carbocycles. The number of aromatic nitrogens is 3. The van der Waals surface area contributed by atoms with E-state index in [2.05, 4.69) is 0 Å². The molecule has 2 aromatic heterocycles. The SMILES string of the molecule is Cc1c(-c2nn(Cc3ccccc3)c(=O)c3ccccc23)c2cc(S(C)(=O)=O)cc(Cl)c2n1CC(=O)O. The fraction of sp³-hybridized carbons (Fsp3) is 0.148. The van der Waals surface area contributed by atoms with Gasteiger partial charge in [-0.1, -0.05) is 60.1 Å². The van der Waals surface area contributed by atoms with Gasteiger partial charge in [-0.3, -0.25) is 9.59 Å². The number of fused-ring (bicyclic) bond motifs is 2. The minimum absolute atomic E-state index is 0.000590. The van der Waals surface area contributed by atoms with E-state index in [-0.39, 0.29) is 28.6 Å². The molecule has 0 bridgehead atoms. The van der Waals surface area contributed by atoms with Crippen LogP contribution in [0.2, 0.25) is 5.02 Å². The van der Waals surface area contributed by atoms with Crippen LogP contribution < -0.4 is 5.56 Å². The van der Waals surface area contributed by atoms with Gasteiger partial charge in [0.05, 0.1) is 27.4 Å². The smallest absolute Gasteiger partial charge is 0.323 e. The fourth-order valence-corrected chi connectivity index (χ4v) is 5.72. The second-order valence-corrected chi connectivity index (χ2v) is 11.3. The average molecular weight is 536 g/mol. The number of nitrogens with zero attached hydrogens (tertiary/aromatic N) is 3. The molecule has 0 aliphatic rings. The Morgan fingerprint density at radius 3 is 2.30 bits per heavy atom. The highest BCUT2D eigenvalue weighted by Crippen LogP contribution is 2.40. The van der Waals surface area contributed by atoms with Crippen LogP contribution in [0.5, 0.6) is 0 Å². The first-order valence-electron chi connectivity index (χ1n) is 11.3. The molecule has 2 heterocycles. The molecule has 0 aliphatic heterocycles. The number of benzene rings is 3. The molecule has 0 amide bonds. The molecule has 0 unspecified atom stereocenters. The monoisotopic (exact) mass is 535 g/mol. The lowest BCUT2D eigenvalue weighted by Crippen LogP contribution is -2.24. The highest BCUT2D eigenvalue weighted by Gasteiger charge is 2.25. The van der Waals surface area contributed by atoms with E-state index in [4.69, 9.17) is 16.7 Å². The summed E-state index contributed by atoms with van der Waals surface area (Å²) in [6, 6.07) is 19.3. The Bertz CT molecular complexity index is 1880. The first kappa shape index (κ1) is 24.7. The van der Waals surface area contributed by atoms with Crippen LogP contribution in [-0.2, 0) is 27.7 Å². The molecule has 0 radical (unpaired) electrons. The van der Waals surface area contributed by atoms with Gasteiger partial charge in [0.1, 0.15) is 12.2 Å². The first-order chi connectivity index (χ1) is 17.6. The number of carboxylic acids is 1. The number of sulfone groups is 1. The van der Waals surface area contributed by atoms with Crippen LogP contribution in [0.3, 0.4) is 0 Å². The van der Waals surface area contributed by atoms with Gasteiger partial charge in [0.25, 0.3) is 5.56 Å². The van der Waals surface area contributed by atoms with Crippen molar-refractivity contribution in [2.45, 2.75) is 24.9 Å². The normalized spacial score (nSPS) is 11.9. The molecule has 0 fully saturated rings. The minimum atomic E-state index is -3.63. The third-order valence-electron chi connectivity index (χ3n) is 6.34. The van der Waals surface area contributed by atoms with E-state index in [1.165, 1.54) is 21.4 Å². The van der Waals surface area contributed by atoms with Gasteiger partial charge in [-0.05, 0) is 30.7 Å². The van der Waals surface area contributed by atoms with Crippen LogP contribution >= 0.6 is 11.6 Å². The third kappa shape index (κ3) is 4.41. The van der Waals surface area contributed by atoms with E-state index in [1.807, 2.05) is 30.3 Å². The lowest BCUT2D eigenvalue weighted by atomic mass is 10.0. The van der Waals surface area contributed by atoms with Crippen molar-refractivity contribution in [2.75, 3.05) is 6.26 Å². The van der Waals surface area contributed by atoms with Gasteiger partial charge in [0, 0.05) is 28.3 Å². The van der Waals surface area contributed by atoms with Crippen LogP contribution in [-0.4, -0.2) is 40.1 Å². The Hall–Kier alpha value is -3.95. The molecular formula is C27H22ClN3O5S. The van der Waals surface area contributed by atoms with Crippen LogP contribution in [0.15, 0.2) is 76.4 Å². The van der Waals surface area contributed by atoms with E-state index < -0.39 is 15.8 Å². The van der Waals surface area contributed by atoms with E-state index in [1.54, 1.807) is 31.2 Å². The number of carboxylic acid groups (broad SMARTS) is 1. The van der Waals surface area contributed by atoms with Gasteiger partial charge in [0.15, 0.2) is 9.84 Å². The summed E-state index contributed by atoms with van der Waals surface area (Å²) in [6.45, 7) is 1.57. The van der Waals surface area contributed by atoms with E-state index in [0.29, 0.717) is 38.6 Å². The van der Waals surface area contributed by atoms with Gasteiger partial charge >= 0.3 is 5.97 Å². The van der Waals surface area contributed by atoms with Crippen molar-refractivity contribution in [2.24, 2.45) is 0 Å². The Morgan fingerprint density at radius 2 is 1.65 bits per heavy atom. The molecule has 5 aromatic rings. The maximum atomic E-state index is 13.4. The molecule has 10 heteroatoms. The average Bonchev–Trinajstić information content (AvgIpc) is 3.12. The van der Waals surface area contributed by atoms with Gasteiger partial charge in [-0.15, -0.1) is 0 Å². The second kappa shape index (κ2) is 9.17. The largest absolute Gasteiger partial charge is 0.480 e. The number of hydrogen-bond donors (Lipinski definition) is 1. The highest BCUT2D eigenvalue weighted by molar-refractivity contribution is 7.90. The maximum absolute atomic E-state index is 13.4. The molecule has 3 aromatic carbocycles. The van der Waals surface area contributed by atoms with Crippen molar-refractivity contribution >= 4 is 49.1 Å². The number of halogens is 1. The number of carbonyl (C=O) groups is 1. The Balaban J connectivity index is 1.91. The number of hydrogen-bond acceptors (Lipinski definition) is 5. The Labute approximate surface area is 217 Å². The summed E-state index contributed by atoms with van der Waals surface area (Å²) in [6.07, 6.45) is 1.08. The molecule has 188 valence electrons. The van der Waals surface area contributed by atoms with E-state index in [0.717, 1.165) is 11.8 Å². The summed E-state index contributed by atoms with van der Waals surface area (Å²) in [4.78, 5) is 25.1. The van der Waals surface area contributed by atoms with Gasteiger partial charge in [-0.2, -0.15) is 5.10 Å². The van der Waals surface area contributed by atoms with E-state index >= 15 is 0 Å². The summed E-state index contributed by atoms with van der Waals surface area (Å²) in [5.74, 6) is -1.08. The molecule has 1 N–H and O–H groups in total. The number of aliphatic carboxylic acids is 1. The van der Waals surface area contributed by atoms with Crippen molar-refractivity contribution < 1.29 is 18.3 Å². The highest BCUT2D eigenvalue weighted by atomic mass is 35.5. The molecule has 0 saturated heterocycles. The van der Waals surface area contributed by atoms with Gasteiger partial charge < -0.3 is 9.67 Å². The van der Waals surface area contributed by atoms with Crippen molar-refractivity contribution in [1.82, 2.24) is 14.3 Å². The van der Waals surface area contributed by atoms with Crippen molar-refractivity contribution in [3.8, 4) is 11.3 Å². The minimum Gasteiger partial charge on any atom is -0.480 e. The number of rotatable bonds is 6. The molecular weight excluding hydrogens is 514 g/mol. The Morgan fingerprint density at radius 1 is 1.00 bits per heavy atom. The molecule has 0 atom stereocenters. The maximum Gasteiger partial charge on any atom is 0.323 e. The predicted octanol–water partition coefficient (Wildman–Crippen LogP) is 4.52. The lowest BCUT2D eigenvalue weighted by Gasteiger charge is -2.12. The predicted molar refractivity (Wildman–Crippen MR) is 143 cm³/mol. The van der Waals surface area contributed by atoms with Crippen molar-refractivity contribution in [1.29, 1.82) is 0 Å². The van der Waals surface area contributed by atoms with Crippen molar-refractivity contribution in [3.05, 3.63) is 93.4 Å². The molecule has 37 heavy (non-hydrogen) atoms. The van der Waals surface area contributed by atoms with E-state index in [9.17, 15) is 23.1 Å². The molecule has 0 spiro atoms. The van der Waals surface area contributed by atoms with Crippen LogP contribution in [0, 0.1) is 6.92 Å². The fourth-order valence-electron chi connectivity index (χ4n) is 4.67. The zero-order chi connectivity index (χ0) is 26.5. The molecule has 8 nitrogen and oxygen atoms in total. The zero-order valence-electron chi connectivity index (χ0n) is 20.0. The lowest BCUT2D eigenvalue weighted by molar-refractivity contribution is -0.137. The van der Waals surface area contributed by atoms with Crippen LogP contribution in [0.25, 0.3) is 32.9 Å². The Kier molecular flexibility index (Phi) is 6.13. The summed E-state index contributed by atoms with van der Waals surface area (Å²) < 4.78 is 27.8. The van der Waals surface area contributed by atoms with Gasteiger partial charge in [0.2, 0.25) is 0 Å². The zero-order valence-corrected chi connectivity index (χ0v) is 21.5. The summed E-state index contributed by atoms with van der Waals surface area (Å²) in [5.41, 5.74) is 2.47. The summed E-state index contributed by atoms with van der Waals surface area (Å²) >= 11 is 6.56. The quantitative estimate of drug-likeness (QED) is 0.342. The van der Waals surface area contributed by atoms with Crippen molar-refractivity contribution in [3.63, 3.8) is 0 Å². The first-order valence-corrected chi connectivity index (χ1v) is 13.6. The van der Waals surface area contributed by atoms with Gasteiger partial charge in [-0.25, -0.2) is 13.1 Å². The molecule has 5 rings (SSSR count). The third-order valence-corrected chi connectivity index (χ3v) is 7.72. The summed E-state index contributed by atoms with van der Waals surface area (Å²) in [7, 11) is -3.63. The topological polar surface area (TPSA) is 111 Å². The standard InChI is InChI=1S/C27H22ClN3O5S/c1-16-24(21-12-18(37(2,35)36)13-22(28)26(21)30(16)15-23(32)33)25-19-10-6-7-11-20(19)27(34)31(29-25)14-17-8-4-3-5-9-17/h3-13H,14-15H2,1-2H3,(H,32,33). The second-order valence-electron chi connectivity index (χ2n) is 8.86. The van der Waals surface area contributed by atoms with Crippen LogP contribution in [0.1, 0.15) is 11.3 Å².